The zero-order valence-corrected chi connectivity index (χ0v) is 10.9. The molecule has 1 saturated heterocycles. The maximum atomic E-state index is 12.0. The summed E-state index contributed by atoms with van der Waals surface area (Å²) in [6.07, 6.45) is 0.524. The van der Waals surface area contributed by atoms with Crippen LogP contribution in [0, 0.1) is 5.92 Å². The zero-order chi connectivity index (χ0) is 13.7. The Morgan fingerprint density at radius 2 is 2.16 bits per heavy atom. The van der Waals surface area contributed by atoms with Crippen LogP contribution in [0.25, 0.3) is 0 Å². The second kappa shape index (κ2) is 6.33. The number of hydrogen-bond donors (Lipinski definition) is 1. The molecule has 0 bridgehead atoms. The average Bonchev–Trinajstić information content (AvgIpc) is 2.40. The van der Waals surface area contributed by atoms with Crippen LogP contribution in [0.2, 0.25) is 0 Å². The zero-order valence-electron chi connectivity index (χ0n) is 10.9. The largest absolute Gasteiger partial charge is 0.464 e. The SMILES string of the molecule is CN1CC(COC(=O)C(NC=O)c2ccccc2)C1. The van der Waals surface area contributed by atoms with E-state index in [4.69, 9.17) is 4.74 Å². The van der Waals surface area contributed by atoms with Gasteiger partial charge in [0.25, 0.3) is 0 Å². The van der Waals surface area contributed by atoms with E-state index < -0.39 is 12.0 Å². The summed E-state index contributed by atoms with van der Waals surface area (Å²) in [7, 11) is 2.03. The lowest BCUT2D eigenvalue weighted by molar-refractivity contribution is -0.150. The van der Waals surface area contributed by atoms with Crippen molar-refractivity contribution in [3.8, 4) is 0 Å². The van der Waals surface area contributed by atoms with E-state index in [1.807, 2.05) is 25.2 Å². The molecule has 1 aliphatic heterocycles. The maximum absolute atomic E-state index is 12.0. The van der Waals surface area contributed by atoms with Gasteiger partial charge in [-0.1, -0.05) is 30.3 Å². The Bertz CT molecular complexity index is 430. The molecule has 1 aromatic rings. The molecule has 1 amide bonds. The molecule has 0 radical (unpaired) electrons. The number of carbonyl (C=O) groups excluding carboxylic acids is 2. The van der Waals surface area contributed by atoms with Gasteiger partial charge in [-0.2, -0.15) is 0 Å². The quantitative estimate of drug-likeness (QED) is 0.602. The fraction of sp³-hybridized carbons (Fsp3) is 0.429. The first-order valence-electron chi connectivity index (χ1n) is 6.30. The van der Waals surface area contributed by atoms with Crippen LogP contribution in [-0.4, -0.2) is 44.0 Å². The average molecular weight is 262 g/mol. The molecular weight excluding hydrogens is 244 g/mol. The first-order valence-corrected chi connectivity index (χ1v) is 6.30. The number of ether oxygens (including phenoxy) is 1. The lowest BCUT2D eigenvalue weighted by Crippen LogP contribution is -2.46. The number of nitrogens with one attached hydrogen (secondary N) is 1. The molecule has 1 N–H and O–H groups in total. The smallest absolute Gasteiger partial charge is 0.333 e. The van der Waals surface area contributed by atoms with Crippen molar-refractivity contribution in [2.45, 2.75) is 6.04 Å². The molecule has 1 aliphatic rings. The molecule has 1 unspecified atom stereocenters. The fourth-order valence-corrected chi connectivity index (χ4v) is 2.23. The van der Waals surface area contributed by atoms with Gasteiger partial charge in [0, 0.05) is 19.0 Å². The summed E-state index contributed by atoms with van der Waals surface area (Å²) in [5, 5.41) is 2.50. The molecule has 0 aliphatic carbocycles. The summed E-state index contributed by atoms with van der Waals surface area (Å²) in [4.78, 5) is 24.8. The van der Waals surface area contributed by atoms with Crippen molar-refractivity contribution in [2.75, 3.05) is 26.7 Å². The minimum absolute atomic E-state index is 0.404. The molecule has 102 valence electrons. The van der Waals surface area contributed by atoms with Gasteiger partial charge in [0.15, 0.2) is 6.04 Å². The second-order valence-corrected chi connectivity index (χ2v) is 4.85. The standard InChI is InChI=1S/C14H18N2O3/c1-16-7-11(8-16)9-19-14(18)13(15-10-17)12-5-3-2-4-6-12/h2-6,10-11,13H,7-9H2,1H3,(H,15,17). The molecule has 1 aromatic carbocycles. The van der Waals surface area contributed by atoms with Gasteiger partial charge in [-0.3, -0.25) is 4.79 Å². The minimum atomic E-state index is -0.725. The number of likely N-dealkylation sites (tertiary alicyclic amines) is 1. The highest BCUT2D eigenvalue weighted by Gasteiger charge is 2.27. The Balaban J connectivity index is 1.91. The third-order valence-corrected chi connectivity index (χ3v) is 3.20. The maximum Gasteiger partial charge on any atom is 0.333 e. The minimum Gasteiger partial charge on any atom is -0.464 e. The topological polar surface area (TPSA) is 58.6 Å². The van der Waals surface area contributed by atoms with Crippen molar-refractivity contribution in [1.29, 1.82) is 0 Å². The third-order valence-electron chi connectivity index (χ3n) is 3.20. The van der Waals surface area contributed by atoms with E-state index in [0.717, 1.165) is 18.7 Å². The monoisotopic (exact) mass is 262 g/mol. The van der Waals surface area contributed by atoms with Gasteiger partial charge in [0.1, 0.15) is 0 Å². The Labute approximate surface area is 112 Å². The molecule has 1 atom stereocenters. The van der Waals surface area contributed by atoms with Crippen molar-refractivity contribution in [2.24, 2.45) is 5.92 Å². The highest BCUT2D eigenvalue weighted by Crippen LogP contribution is 2.17. The van der Waals surface area contributed by atoms with Crippen LogP contribution in [0.3, 0.4) is 0 Å². The number of carbonyl (C=O) groups is 2. The molecule has 1 heterocycles. The van der Waals surface area contributed by atoms with Gasteiger partial charge in [-0.05, 0) is 12.6 Å². The first kappa shape index (κ1) is 13.5. The molecule has 0 aromatic heterocycles. The van der Waals surface area contributed by atoms with Gasteiger partial charge in [-0.25, -0.2) is 4.79 Å². The van der Waals surface area contributed by atoms with Crippen LogP contribution in [0.5, 0.6) is 0 Å². The van der Waals surface area contributed by atoms with Crippen LogP contribution < -0.4 is 5.32 Å². The van der Waals surface area contributed by atoms with E-state index in [-0.39, 0.29) is 0 Å². The Morgan fingerprint density at radius 3 is 2.74 bits per heavy atom. The van der Waals surface area contributed by atoms with E-state index in [1.54, 1.807) is 12.1 Å². The van der Waals surface area contributed by atoms with Crippen molar-refractivity contribution in [3.05, 3.63) is 35.9 Å². The van der Waals surface area contributed by atoms with E-state index in [2.05, 4.69) is 10.2 Å². The lowest BCUT2D eigenvalue weighted by Gasteiger charge is -2.35. The summed E-state index contributed by atoms with van der Waals surface area (Å²) in [5.41, 5.74) is 0.727. The van der Waals surface area contributed by atoms with Gasteiger partial charge in [0.2, 0.25) is 6.41 Å². The normalized spacial score (nSPS) is 17.3. The Hall–Kier alpha value is -1.88. The number of hydrogen-bond acceptors (Lipinski definition) is 4. The highest BCUT2D eigenvalue weighted by molar-refractivity contribution is 5.80. The van der Waals surface area contributed by atoms with Crippen molar-refractivity contribution in [3.63, 3.8) is 0 Å². The summed E-state index contributed by atoms with van der Waals surface area (Å²) in [5.74, 6) is -0.00513. The predicted octanol–water partition coefficient (Wildman–Crippen LogP) is 0.578. The van der Waals surface area contributed by atoms with Crippen LogP contribution in [0.15, 0.2) is 30.3 Å². The third kappa shape index (κ3) is 3.54. The Morgan fingerprint density at radius 1 is 1.47 bits per heavy atom. The highest BCUT2D eigenvalue weighted by atomic mass is 16.5. The molecule has 5 heteroatoms. The van der Waals surface area contributed by atoms with Crippen molar-refractivity contribution < 1.29 is 14.3 Å². The van der Waals surface area contributed by atoms with E-state index in [1.165, 1.54) is 0 Å². The molecule has 19 heavy (non-hydrogen) atoms. The second-order valence-electron chi connectivity index (χ2n) is 4.85. The number of benzene rings is 1. The lowest BCUT2D eigenvalue weighted by atomic mass is 10.0. The summed E-state index contributed by atoms with van der Waals surface area (Å²) >= 11 is 0. The van der Waals surface area contributed by atoms with Gasteiger partial charge < -0.3 is 15.0 Å². The molecule has 1 fully saturated rings. The van der Waals surface area contributed by atoms with Crippen LogP contribution >= 0.6 is 0 Å². The van der Waals surface area contributed by atoms with E-state index >= 15 is 0 Å². The van der Waals surface area contributed by atoms with E-state index in [9.17, 15) is 9.59 Å². The summed E-state index contributed by atoms with van der Waals surface area (Å²) in [6.45, 7) is 2.31. The Kier molecular flexibility index (Phi) is 4.52. The number of amides is 1. The summed E-state index contributed by atoms with van der Waals surface area (Å²) < 4.78 is 5.28. The van der Waals surface area contributed by atoms with Crippen LogP contribution in [-0.2, 0) is 14.3 Å². The van der Waals surface area contributed by atoms with Gasteiger partial charge in [0.05, 0.1) is 6.61 Å². The molecular formula is C14H18N2O3. The fourth-order valence-electron chi connectivity index (χ4n) is 2.23. The summed E-state index contributed by atoms with van der Waals surface area (Å²) in [6, 6.07) is 8.36. The first-order chi connectivity index (χ1) is 9.20. The van der Waals surface area contributed by atoms with Crippen LogP contribution in [0.4, 0.5) is 0 Å². The van der Waals surface area contributed by atoms with Crippen LogP contribution in [0.1, 0.15) is 11.6 Å². The van der Waals surface area contributed by atoms with Gasteiger partial charge >= 0.3 is 5.97 Å². The molecule has 0 spiro atoms. The molecule has 5 nitrogen and oxygen atoms in total. The van der Waals surface area contributed by atoms with Crippen molar-refractivity contribution >= 4 is 12.4 Å². The number of esters is 1. The molecule has 2 rings (SSSR count). The van der Waals surface area contributed by atoms with E-state index in [0.29, 0.717) is 18.9 Å². The number of nitrogens with zero attached hydrogens (tertiary/aromatic N) is 1. The number of rotatable bonds is 6. The predicted molar refractivity (Wildman–Crippen MR) is 70.3 cm³/mol. The van der Waals surface area contributed by atoms with Crippen molar-refractivity contribution in [1.82, 2.24) is 10.2 Å². The van der Waals surface area contributed by atoms with Gasteiger partial charge in [-0.15, -0.1) is 0 Å². The molecule has 0 saturated carbocycles.